The average Bonchev–Trinajstić information content (AvgIpc) is 2.83. The molecule has 4 rings (SSSR count). The molecule has 0 heterocycles. The average molecular weight is 645 g/mol. The largest absolute Gasteiger partial charge is 0.422 e. The van der Waals surface area contributed by atoms with Crippen molar-refractivity contribution >= 4 is 76.7 Å². The van der Waals surface area contributed by atoms with Gasteiger partial charge in [0.05, 0.1) is 18.2 Å². The third-order valence-corrected chi connectivity index (χ3v) is 6.67. The van der Waals surface area contributed by atoms with E-state index in [4.69, 9.17) is 4.74 Å². The maximum absolute atomic E-state index is 12.5. The summed E-state index contributed by atoms with van der Waals surface area (Å²) in [5.41, 5.74) is 4.41. The molecule has 0 unspecified atom stereocenters. The molecule has 0 aromatic heterocycles. The standard InChI is InChI=1S/C26H17Br3N2O3/c27-19-8-5-16(6-9-19)26(33)34-24-12-10-20(28)13-18(24)15-30-31-25(32)14-17-7-11-23(29)22-4-2-1-3-21(17)22/h1-13,15H,14H2,(H,31,32)/b30-15-. The lowest BCUT2D eigenvalue weighted by atomic mass is 10.0. The van der Waals surface area contributed by atoms with Crippen molar-refractivity contribution in [1.82, 2.24) is 5.43 Å². The lowest BCUT2D eigenvalue weighted by Crippen LogP contribution is -2.20. The second kappa shape index (κ2) is 11.1. The van der Waals surface area contributed by atoms with E-state index in [-0.39, 0.29) is 12.3 Å². The zero-order valence-electron chi connectivity index (χ0n) is 17.6. The van der Waals surface area contributed by atoms with E-state index in [1.807, 2.05) is 36.4 Å². The first kappa shape index (κ1) is 24.3. The molecule has 0 aliphatic heterocycles. The van der Waals surface area contributed by atoms with Crippen molar-refractivity contribution in [3.05, 3.63) is 109 Å². The van der Waals surface area contributed by atoms with Gasteiger partial charge in [0.25, 0.3) is 0 Å². The molecule has 1 amide bonds. The molecule has 0 aliphatic rings. The number of carbonyl (C=O) groups excluding carboxylic acids is 2. The highest BCUT2D eigenvalue weighted by atomic mass is 79.9. The van der Waals surface area contributed by atoms with E-state index in [0.717, 1.165) is 29.8 Å². The fourth-order valence-electron chi connectivity index (χ4n) is 3.32. The Balaban J connectivity index is 1.46. The Morgan fingerprint density at radius 2 is 1.56 bits per heavy atom. The van der Waals surface area contributed by atoms with E-state index in [1.165, 1.54) is 6.21 Å². The normalized spacial score (nSPS) is 11.0. The summed E-state index contributed by atoms with van der Waals surface area (Å²) in [4.78, 5) is 25.1. The van der Waals surface area contributed by atoms with Crippen molar-refractivity contribution in [2.45, 2.75) is 6.42 Å². The second-order valence-corrected chi connectivity index (χ2v) is 9.99. The SMILES string of the molecule is O=C(Cc1ccc(Br)c2ccccc12)N/N=C\c1cc(Br)ccc1OC(=O)c1ccc(Br)cc1. The van der Waals surface area contributed by atoms with Gasteiger partial charge in [-0.05, 0) is 64.9 Å². The van der Waals surface area contributed by atoms with Crippen LogP contribution in [0.15, 0.2) is 97.4 Å². The molecule has 1 N–H and O–H groups in total. The molecule has 0 bridgehead atoms. The fraction of sp³-hybridized carbons (Fsp3) is 0.0385. The molecule has 0 atom stereocenters. The van der Waals surface area contributed by atoms with Crippen LogP contribution < -0.4 is 10.2 Å². The second-order valence-electron chi connectivity index (χ2n) is 7.30. The van der Waals surface area contributed by atoms with Crippen LogP contribution in [0.25, 0.3) is 10.8 Å². The van der Waals surface area contributed by atoms with Gasteiger partial charge >= 0.3 is 5.97 Å². The number of rotatable bonds is 6. The van der Waals surface area contributed by atoms with Crippen LogP contribution in [0.2, 0.25) is 0 Å². The Bertz CT molecular complexity index is 1400. The minimum atomic E-state index is -0.490. The van der Waals surface area contributed by atoms with E-state index in [1.54, 1.807) is 42.5 Å². The van der Waals surface area contributed by atoms with Crippen molar-refractivity contribution in [2.24, 2.45) is 5.10 Å². The number of nitrogens with zero attached hydrogens (tertiary/aromatic N) is 1. The molecular formula is C26H17Br3N2O3. The molecule has 4 aromatic carbocycles. The van der Waals surface area contributed by atoms with E-state index in [0.29, 0.717) is 16.9 Å². The molecule has 0 spiro atoms. The van der Waals surface area contributed by atoms with Crippen LogP contribution in [0, 0.1) is 0 Å². The van der Waals surface area contributed by atoms with Gasteiger partial charge in [-0.2, -0.15) is 5.10 Å². The van der Waals surface area contributed by atoms with Crippen molar-refractivity contribution in [3.63, 3.8) is 0 Å². The molecule has 4 aromatic rings. The summed E-state index contributed by atoms with van der Waals surface area (Å²) in [5, 5.41) is 6.13. The third-order valence-electron chi connectivity index (χ3n) is 4.96. The Hall–Kier alpha value is -2.81. The molecule has 0 fully saturated rings. The zero-order chi connectivity index (χ0) is 24.1. The summed E-state index contributed by atoms with van der Waals surface area (Å²) in [6.45, 7) is 0. The first-order valence-corrected chi connectivity index (χ1v) is 12.5. The minimum absolute atomic E-state index is 0.176. The van der Waals surface area contributed by atoms with Gasteiger partial charge in [0.1, 0.15) is 5.75 Å². The van der Waals surface area contributed by atoms with E-state index >= 15 is 0 Å². The van der Waals surface area contributed by atoms with E-state index in [2.05, 4.69) is 58.3 Å². The zero-order valence-corrected chi connectivity index (χ0v) is 22.4. The van der Waals surface area contributed by atoms with Crippen LogP contribution in [0.1, 0.15) is 21.5 Å². The number of benzene rings is 4. The van der Waals surface area contributed by atoms with E-state index in [9.17, 15) is 9.59 Å². The number of fused-ring (bicyclic) bond motifs is 1. The Morgan fingerprint density at radius 3 is 2.32 bits per heavy atom. The predicted octanol–water partition coefficient (Wildman–Crippen LogP) is 7.04. The highest BCUT2D eigenvalue weighted by Gasteiger charge is 2.12. The van der Waals surface area contributed by atoms with Crippen molar-refractivity contribution < 1.29 is 14.3 Å². The number of halogens is 3. The number of hydrazone groups is 1. The maximum Gasteiger partial charge on any atom is 0.343 e. The molecular weight excluding hydrogens is 628 g/mol. The van der Waals surface area contributed by atoms with Crippen LogP contribution in [0.3, 0.4) is 0 Å². The fourth-order valence-corrected chi connectivity index (χ4v) is 4.44. The summed E-state index contributed by atoms with van der Waals surface area (Å²) in [6, 6.07) is 23.8. The summed E-state index contributed by atoms with van der Waals surface area (Å²) in [5.74, 6) is -0.421. The quantitative estimate of drug-likeness (QED) is 0.106. The van der Waals surface area contributed by atoms with Crippen LogP contribution in [-0.4, -0.2) is 18.1 Å². The molecule has 0 aliphatic carbocycles. The van der Waals surface area contributed by atoms with Gasteiger partial charge < -0.3 is 4.74 Å². The Labute approximate surface area is 221 Å². The van der Waals surface area contributed by atoms with Gasteiger partial charge in [-0.25, -0.2) is 10.2 Å². The molecule has 0 saturated carbocycles. The van der Waals surface area contributed by atoms with Gasteiger partial charge in [-0.3, -0.25) is 4.79 Å². The van der Waals surface area contributed by atoms with Gasteiger partial charge in [0.2, 0.25) is 5.91 Å². The lowest BCUT2D eigenvalue weighted by Gasteiger charge is -2.09. The number of hydrogen-bond donors (Lipinski definition) is 1. The van der Waals surface area contributed by atoms with E-state index < -0.39 is 5.97 Å². The van der Waals surface area contributed by atoms with Crippen molar-refractivity contribution in [2.75, 3.05) is 0 Å². The number of amides is 1. The molecule has 0 radical (unpaired) electrons. The van der Waals surface area contributed by atoms with Gasteiger partial charge in [0, 0.05) is 19.0 Å². The summed E-state index contributed by atoms with van der Waals surface area (Å²) >= 11 is 10.3. The predicted molar refractivity (Wildman–Crippen MR) is 144 cm³/mol. The Kier molecular flexibility index (Phi) is 7.92. The molecule has 5 nitrogen and oxygen atoms in total. The lowest BCUT2D eigenvalue weighted by molar-refractivity contribution is -0.120. The van der Waals surface area contributed by atoms with Crippen LogP contribution >= 0.6 is 47.8 Å². The van der Waals surface area contributed by atoms with Crippen LogP contribution in [-0.2, 0) is 11.2 Å². The number of hydrogen-bond acceptors (Lipinski definition) is 4. The molecule has 8 heteroatoms. The molecule has 0 saturated heterocycles. The van der Waals surface area contributed by atoms with Gasteiger partial charge in [0.15, 0.2) is 0 Å². The molecule has 34 heavy (non-hydrogen) atoms. The minimum Gasteiger partial charge on any atom is -0.422 e. The first-order valence-electron chi connectivity index (χ1n) is 10.2. The third kappa shape index (κ3) is 6.00. The summed E-state index contributed by atoms with van der Waals surface area (Å²) in [6.07, 6.45) is 1.63. The topological polar surface area (TPSA) is 67.8 Å². The molecule has 170 valence electrons. The monoisotopic (exact) mass is 642 g/mol. The van der Waals surface area contributed by atoms with Gasteiger partial charge in [-0.1, -0.05) is 78.1 Å². The van der Waals surface area contributed by atoms with Gasteiger partial charge in [-0.15, -0.1) is 0 Å². The number of carbonyl (C=O) groups is 2. The maximum atomic E-state index is 12.5. The number of esters is 1. The highest BCUT2D eigenvalue weighted by Crippen LogP contribution is 2.27. The first-order chi connectivity index (χ1) is 16.4. The number of ether oxygens (including phenoxy) is 1. The summed E-state index contributed by atoms with van der Waals surface area (Å²) < 4.78 is 8.18. The smallest absolute Gasteiger partial charge is 0.343 e. The Morgan fingerprint density at radius 1 is 0.853 bits per heavy atom. The number of nitrogens with one attached hydrogen (secondary N) is 1. The highest BCUT2D eigenvalue weighted by molar-refractivity contribution is 9.11. The summed E-state index contributed by atoms with van der Waals surface area (Å²) in [7, 11) is 0. The van der Waals surface area contributed by atoms with Crippen molar-refractivity contribution in [3.8, 4) is 5.75 Å². The van der Waals surface area contributed by atoms with Crippen LogP contribution in [0.4, 0.5) is 0 Å². The van der Waals surface area contributed by atoms with Crippen molar-refractivity contribution in [1.29, 1.82) is 0 Å². The van der Waals surface area contributed by atoms with Crippen LogP contribution in [0.5, 0.6) is 5.75 Å².